The molecule has 1 aromatic heterocycles. The molecule has 0 bridgehead atoms. The molecule has 122 valence electrons. The van der Waals surface area contributed by atoms with Crippen LogP contribution in [0, 0.1) is 0 Å². The van der Waals surface area contributed by atoms with Gasteiger partial charge in [-0.05, 0) is 41.6 Å². The Hall–Kier alpha value is -3.20. The van der Waals surface area contributed by atoms with Crippen LogP contribution in [0.2, 0.25) is 0 Å². The van der Waals surface area contributed by atoms with Crippen LogP contribution in [0.4, 0.5) is 5.69 Å². The van der Waals surface area contributed by atoms with Crippen molar-refractivity contribution in [2.24, 2.45) is 5.73 Å². The van der Waals surface area contributed by atoms with Crippen LogP contribution in [0.1, 0.15) is 12.5 Å². The van der Waals surface area contributed by atoms with Gasteiger partial charge in [0, 0.05) is 22.4 Å². The zero-order valence-electron chi connectivity index (χ0n) is 13.9. The molecule has 0 spiro atoms. The van der Waals surface area contributed by atoms with Crippen LogP contribution in [0.5, 0.6) is 0 Å². The lowest BCUT2D eigenvalue weighted by Gasteiger charge is -2.08. The third kappa shape index (κ3) is 1.86. The average Bonchev–Trinajstić information content (AvgIpc) is 3.18. The van der Waals surface area contributed by atoms with Crippen LogP contribution in [-0.2, 0) is 0 Å². The molecule has 3 N–H and O–H groups in total. The fourth-order valence-corrected chi connectivity index (χ4v) is 3.99. The number of allylic oxidation sites excluding steroid dienone is 2. The summed E-state index contributed by atoms with van der Waals surface area (Å²) in [6.45, 7) is 2.17. The van der Waals surface area contributed by atoms with Gasteiger partial charge in [0.25, 0.3) is 0 Å². The van der Waals surface area contributed by atoms with Gasteiger partial charge >= 0.3 is 0 Å². The van der Waals surface area contributed by atoms with Crippen molar-refractivity contribution >= 4 is 44.0 Å². The highest BCUT2D eigenvalue weighted by Crippen LogP contribution is 2.48. The van der Waals surface area contributed by atoms with Crippen LogP contribution >= 0.6 is 0 Å². The fourth-order valence-electron chi connectivity index (χ4n) is 3.99. The molecule has 0 radical (unpaired) electrons. The number of furan rings is 1. The monoisotopic (exact) mass is 326 g/mol. The molecule has 1 unspecified atom stereocenters. The Balaban J connectivity index is 2.03. The number of hydrogen-bond acceptors (Lipinski definition) is 3. The molecule has 1 aliphatic rings. The van der Waals surface area contributed by atoms with Gasteiger partial charge in [-0.2, -0.15) is 0 Å². The maximum absolute atomic E-state index is 6.27. The summed E-state index contributed by atoms with van der Waals surface area (Å²) in [5.74, 6) is 0. The van der Waals surface area contributed by atoms with Gasteiger partial charge in [0.05, 0.1) is 5.69 Å². The Morgan fingerprint density at radius 1 is 1.00 bits per heavy atom. The second-order valence-corrected chi connectivity index (χ2v) is 6.47. The summed E-state index contributed by atoms with van der Waals surface area (Å²) < 4.78 is 6.27. The predicted molar refractivity (Wildman–Crippen MR) is 106 cm³/mol. The number of nitrogens with one attached hydrogen (secondary N) is 1. The molecule has 0 amide bonds. The van der Waals surface area contributed by atoms with Crippen molar-refractivity contribution in [3.8, 4) is 0 Å². The van der Waals surface area contributed by atoms with Gasteiger partial charge in [0.2, 0.25) is 0 Å². The number of rotatable bonds is 1. The summed E-state index contributed by atoms with van der Waals surface area (Å²) >= 11 is 0. The molecule has 0 saturated carbocycles. The third-order valence-corrected chi connectivity index (χ3v) is 5.04. The number of hydrogen-bond donors (Lipinski definition) is 2. The highest BCUT2D eigenvalue weighted by molar-refractivity contribution is 6.26. The van der Waals surface area contributed by atoms with E-state index in [-0.39, 0.29) is 6.04 Å². The lowest BCUT2D eigenvalue weighted by atomic mass is 9.93. The van der Waals surface area contributed by atoms with Gasteiger partial charge < -0.3 is 15.5 Å². The van der Waals surface area contributed by atoms with E-state index in [0.717, 1.165) is 22.2 Å². The number of nitrogens with two attached hydrogens (primary N) is 1. The summed E-state index contributed by atoms with van der Waals surface area (Å²) in [7, 11) is 0. The van der Waals surface area contributed by atoms with E-state index in [4.69, 9.17) is 10.2 Å². The summed E-state index contributed by atoms with van der Waals surface area (Å²) in [5.41, 5.74) is 10.9. The van der Waals surface area contributed by atoms with Crippen molar-refractivity contribution in [3.05, 3.63) is 72.4 Å². The molecule has 2 heterocycles. The summed E-state index contributed by atoms with van der Waals surface area (Å²) in [4.78, 5) is 0. The maximum atomic E-state index is 6.27. The van der Waals surface area contributed by atoms with Crippen molar-refractivity contribution < 1.29 is 4.42 Å². The maximum Gasteiger partial charge on any atom is 0.159 e. The number of benzene rings is 3. The Labute approximate surface area is 145 Å². The molecular weight excluding hydrogens is 308 g/mol. The molecule has 1 atom stereocenters. The lowest BCUT2D eigenvalue weighted by Crippen LogP contribution is -2.08. The normalized spacial score (nSPS) is 18.6. The molecule has 0 fully saturated rings. The average molecular weight is 326 g/mol. The largest absolute Gasteiger partial charge is 0.454 e. The number of para-hydroxylation sites is 1. The van der Waals surface area contributed by atoms with Crippen molar-refractivity contribution in [3.63, 3.8) is 0 Å². The first-order valence-corrected chi connectivity index (χ1v) is 8.51. The zero-order valence-corrected chi connectivity index (χ0v) is 13.9. The van der Waals surface area contributed by atoms with Crippen molar-refractivity contribution in [2.75, 3.05) is 5.32 Å². The number of fused-ring (bicyclic) bond motifs is 8. The van der Waals surface area contributed by atoms with E-state index in [1.54, 1.807) is 6.20 Å². The topological polar surface area (TPSA) is 51.2 Å². The van der Waals surface area contributed by atoms with Gasteiger partial charge in [-0.1, -0.05) is 48.5 Å². The molecule has 3 heteroatoms. The minimum atomic E-state index is 0.202. The Bertz CT molecular complexity index is 1200. The minimum absolute atomic E-state index is 0.202. The van der Waals surface area contributed by atoms with Crippen LogP contribution in [0.25, 0.3) is 38.3 Å². The second kappa shape index (κ2) is 5.15. The molecule has 25 heavy (non-hydrogen) atoms. The summed E-state index contributed by atoms with van der Waals surface area (Å²) in [6, 6.07) is 17.0. The molecule has 5 rings (SSSR count). The Morgan fingerprint density at radius 2 is 1.72 bits per heavy atom. The van der Waals surface area contributed by atoms with E-state index < -0.39 is 0 Å². The van der Waals surface area contributed by atoms with E-state index >= 15 is 0 Å². The van der Waals surface area contributed by atoms with Crippen LogP contribution < -0.4 is 11.1 Å². The van der Waals surface area contributed by atoms with Gasteiger partial charge in [-0.25, -0.2) is 0 Å². The molecule has 1 aliphatic heterocycles. The summed E-state index contributed by atoms with van der Waals surface area (Å²) in [5, 5.41) is 8.42. The van der Waals surface area contributed by atoms with Gasteiger partial charge in [-0.3, -0.25) is 0 Å². The van der Waals surface area contributed by atoms with E-state index in [1.165, 1.54) is 27.3 Å². The van der Waals surface area contributed by atoms with Crippen LogP contribution in [-0.4, -0.2) is 6.04 Å². The fraction of sp³-hybridized carbons (Fsp3) is 0.0909. The van der Waals surface area contributed by atoms with E-state index in [0.29, 0.717) is 0 Å². The SMILES string of the molecule is CC1Nc2c(c3ccccc3c3c2oc2ccccc23)/C1=C/C=C\N. The smallest absolute Gasteiger partial charge is 0.159 e. The van der Waals surface area contributed by atoms with Crippen molar-refractivity contribution in [1.82, 2.24) is 0 Å². The quantitative estimate of drug-likeness (QED) is 0.492. The first-order valence-electron chi connectivity index (χ1n) is 8.51. The third-order valence-electron chi connectivity index (χ3n) is 5.04. The summed E-state index contributed by atoms with van der Waals surface area (Å²) in [6.07, 6.45) is 5.55. The van der Waals surface area contributed by atoms with Gasteiger partial charge in [-0.15, -0.1) is 0 Å². The van der Waals surface area contributed by atoms with Crippen LogP contribution in [0.3, 0.4) is 0 Å². The molecular formula is C22H18N2O. The van der Waals surface area contributed by atoms with Gasteiger partial charge in [0.1, 0.15) is 5.58 Å². The first kappa shape index (κ1) is 14.2. The lowest BCUT2D eigenvalue weighted by molar-refractivity contribution is 0.670. The standard InChI is InChI=1S/C22H18N2O/c1-13-14(10-6-12-23)19-15-7-2-3-8-16(15)20-17-9-4-5-11-18(17)25-22(20)21(19)24-13/h2-13,24H,23H2,1H3/b12-6-,14-10+. The molecule has 3 aromatic carbocycles. The Morgan fingerprint density at radius 3 is 2.52 bits per heavy atom. The highest BCUT2D eigenvalue weighted by atomic mass is 16.3. The van der Waals surface area contributed by atoms with E-state index in [9.17, 15) is 0 Å². The number of anilines is 1. The highest BCUT2D eigenvalue weighted by Gasteiger charge is 2.29. The molecule has 0 aliphatic carbocycles. The van der Waals surface area contributed by atoms with E-state index in [1.807, 2.05) is 18.2 Å². The van der Waals surface area contributed by atoms with Crippen LogP contribution in [0.15, 0.2) is 71.3 Å². The Kier molecular flexibility index (Phi) is 2.92. The molecule has 3 nitrogen and oxygen atoms in total. The van der Waals surface area contributed by atoms with E-state index in [2.05, 4.69) is 54.7 Å². The predicted octanol–water partition coefficient (Wildman–Crippen LogP) is 5.41. The van der Waals surface area contributed by atoms with Gasteiger partial charge in [0.15, 0.2) is 5.58 Å². The van der Waals surface area contributed by atoms with Crippen molar-refractivity contribution in [2.45, 2.75) is 13.0 Å². The molecule has 0 saturated heterocycles. The van der Waals surface area contributed by atoms with Crippen molar-refractivity contribution in [1.29, 1.82) is 0 Å². The molecule has 4 aromatic rings. The minimum Gasteiger partial charge on any atom is -0.454 e. The first-order chi connectivity index (χ1) is 12.3. The second-order valence-electron chi connectivity index (χ2n) is 6.47. The zero-order chi connectivity index (χ0) is 17.0.